The molecular formula is C33H61N3O6SSi. The molecule has 9 nitrogen and oxygen atoms in total. The first kappa shape index (κ1) is 40.0. The molecule has 1 aromatic heterocycles. The van der Waals surface area contributed by atoms with Crippen molar-refractivity contribution >= 4 is 37.6 Å². The van der Waals surface area contributed by atoms with Crippen molar-refractivity contribution in [3.8, 4) is 0 Å². The first-order chi connectivity index (χ1) is 20.1. The maximum Gasteiger partial charge on any atom is 0.408 e. The van der Waals surface area contributed by atoms with Gasteiger partial charge in [0.15, 0.2) is 14.0 Å². The molecule has 0 spiro atoms. The van der Waals surface area contributed by atoms with Crippen molar-refractivity contribution in [2.45, 2.75) is 157 Å². The molecule has 1 aromatic rings. The highest BCUT2D eigenvalue weighted by Crippen LogP contribution is 2.42. The van der Waals surface area contributed by atoms with Gasteiger partial charge in [-0.25, -0.2) is 14.6 Å². The average Bonchev–Trinajstić information content (AvgIpc) is 3.38. The highest BCUT2D eigenvalue weighted by Gasteiger charge is 2.42. The number of carbonyl (C=O) groups excluding carboxylic acids is 2. The van der Waals surface area contributed by atoms with Crippen molar-refractivity contribution in [1.82, 2.24) is 15.2 Å². The van der Waals surface area contributed by atoms with Gasteiger partial charge in [-0.1, -0.05) is 81.1 Å². The van der Waals surface area contributed by atoms with Crippen LogP contribution in [0.5, 0.6) is 0 Å². The minimum absolute atomic E-state index is 0.000761. The van der Waals surface area contributed by atoms with Crippen molar-refractivity contribution in [2.24, 2.45) is 11.8 Å². The highest BCUT2D eigenvalue weighted by molar-refractivity contribution is 7.09. The molecular weight excluding hydrogens is 595 g/mol. The van der Waals surface area contributed by atoms with Crippen LogP contribution in [0.2, 0.25) is 18.1 Å². The van der Waals surface area contributed by atoms with Crippen LogP contribution >= 0.6 is 11.3 Å². The van der Waals surface area contributed by atoms with E-state index >= 15 is 0 Å². The second-order valence-electron chi connectivity index (χ2n) is 14.9. The number of unbranched alkanes of at least 4 members (excludes halogenated alkanes) is 3. The molecule has 0 aliphatic carbocycles. The van der Waals surface area contributed by atoms with E-state index in [0.717, 1.165) is 25.7 Å². The first-order valence-electron chi connectivity index (χ1n) is 16.3. The summed E-state index contributed by atoms with van der Waals surface area (Å²) in [6.45, 7) is 27.2. The van der Waals surface area contributed by atoms with E-state index in [1.54, 1.807) is 26.2 Å². The van der Waals surface area contributed by atoms with E-state index in [9.17, 15) is 19.5 Å². The van der Waals surface area contributed by atoms with E-state index in [-0.39, 0.29) is 34.5 Å². The molecule has 0 saturated heterocycles. The van der Waals surface area contributed by atoms with Gasteiger partial charge in [-0.2, -0.15) is 0 Å². The Kier molecular flexibility index (Phi) is 15.5. The summed E-state index contributed by atoms with van der Waals surface area (Å²) in [5, 5.41) is 14.6. The van der Waals surface area contributed by atoms with Gasteiger partial charge < -0.3 is 24.5 Å². The summed E-state index contributed by atoms with van der Waals surface area (Å²) >= 11 is 1.29. The number of nitrogens with zero attached hydrogens (tertiary/aromatic N) is 2. The highest BCUT2D eigenvalue weighted by atomic mass is 32.1. The smallest absolute Gasteiger partial charge is 0.408 e. The Bertz CT molecular complexity index is 1060. The zero-order chi connectivity index (χ0) is 34.0. The lowest BCUT2D eigenvalue weighted by Gasteiger charge is -2.42. The van der Waals surface area contributed by atoms with Crippen LogP contribution in [0.4, 0.5) is 4.79 Å². The quantitative estimate of drug-likeness (QED) is 0.127. The van der Waals surface area contributed by atoms with Gasteiger partial charge in [0, 0.05) is 18.0 Å². The monoisotopic (exact) mass is 655 g/mol. The van der Waals surface area contributed by atoms with E-state index in [2.05, 4.69) is 64.9 Å². The minimum atomic E-state index is -2.32. The van der Waals surface area contributed by atoms with Gasteiger partial charge in [-0.05, 0) is 63.6 Å². The van der Waals surface area contributed by atoms with Crippen molar-refractivity contribution in [3.05, 3.63) is 16.1 Å². The maximum atomic E-state index is 14.5. The van der Waals surface area contributed by atoms with Gasteiger partial charge in [0.25, 0.3) is 0 Å². The lowest BCUT2D eigenvalue weighted by molar-refractivity contribution is -0.139. The van der Waals surface area contributed by atoms with Gasteiger partial charge >= 0.3 is 12.1 Å². The molecule has 1 heterocycles. The largest absolute Gasteiger partial charge is 0.476 e. The van der Waals surface area contributed by atoms with Gasteiger partial charge in [0.2, 0.25) is 5.91 Å². The molecule has 0 bridgehead atoms. The molecule has 1 rings (SSSR count). The molecule has 0 saturated carbocycles. The topological polar surface area (TPSA) is 118 Å². The van der Waals surface area contributed by atoms with Crippen LogP contribution in [0.15, 0.2) is 5.38 Å². The third kappa shape index (κ3) is 12.4. The van der Waals surface area contributed by atoms with Gasteiger partial charge in [-0.3, -0.25) is 4.79 Å². The van der Waals surface area contributed by atoms with Gasteiger partial charge in [0.05, 0.1) is 6.10 Å². The average molecular weight is 656 g/mol. The number of rotatable bonds is 17. The zero-order valence-corrected chi connectivity index (χ0v) is 31.5. The second-order valence-corrected chi connectivity index (χ2v) is 20.5. The summed E-state index contributed by atoms with van der Waals surface area (Å²) in [5.41, 5.74) is -0.689. The molecule has 0 radical (unpaired) electrons. The SMILES string of the molecule is CCCCCCN(C(=O)C(NC(=O)OC(C)(C)C)C(C)CC)C(CC(O[Si](C)(C)C(C)(C)C)c1nc(C(=O)O)cs1)C(C)C. The Morgan fingerprint density at radius 3 is 2.11 bits per heavy atom. The standard InChI is InChI=1S/C33H61N3O6SSi/c1-14-16-17-18-19-36(29(37)27(23(5)15-2)35-31(40)41-32(6,7)8)25(22(3)4)20-26(42-44(12,13)33(9,10)11)28-34-24(21-43-28)30(38)39/h21-23,25-27H,14-20H2,1-13H3,(H,35,40)(H,38,39). The second kappa shape index (κ2) is 17.1. The van der Waals surface area contributed by atoms with Crippen LogP contribution in [0, 0.1) is 11.8 Å². The summed E-state index contributed by atoms with van der Waals surface area (Å²) in [4.78, 5) is 45.6. The predicted molar refractivity (Wildman–Crippen MR) is 182 cm³/mol. The molecule has 0 aliphatic heterocycles. The summed E-state index contributed by atoms with van der Waals surface area (Å²) in [6.07, 6.45) is 4.09. The van der Waals surface area contributed by atoms with E-state index in [0.29, 0.717) is 24.4 Å². The molecule has 44 heavy (non-hydrogen) atoms. The number of carboxylic acids is 1. The Morgan fingerprint density at radius 2 is 1.66 bits per heavy atom. The lowest BCUT2D eigenvalue weighted by atomic mass is 9.92. The molecule has 0 aliphatic rings. The van der Waals surface area contributed by atoms with Crippen LogP contribution in [0.25, 0.3) is 0 Å². The Labute approximate surface area is 272 Å². The van der Waals surface area contributed by atoms with Crippen LogP contribution < -0.4 is 5.32 Å². The lowest BCUT2D eigenvalue weighted by Crippen LogP contribution is -2.56. The zero-order valence-electron chi connectivity index (χ0n) is 29.7. The van der Waals surface area contributed by atoms with E-state index in [1.807, 2.05) is 18.7 Å². The van der Waals surface area contributed by atoms with Crippen LogP contribution in [0.1, 0.15) is 136 Å². The number of hydrogen-bond acceptors (Lipinski definition) is 7. The van der Waals surface area contributed by atoms with Crippen LogP contribution in [-0.2, 0) is 14.0 Å². The predicted octanol–water partition coefficient (Wildman–Crippen LogP) is 8.67. The number of ether oxygens (including phenoxy) is 1. The summed E-state index contributed by atoms with van der Waals surface area (Å²) in [6, 6.07) is -0.983. The van der Waals surface area contributed by atoms with Crippen molar-refractivity contribution < 1.29 is 28.7 Å². The van der Waals surface area contributed by atoms with E-state index in [1.165, 1.54) is 11.3 Å². The molecule has 0 aromatic carbocycles. The first-order valence-corrected chi connectivity index (χ1v) is 20.1. The number of aromatic carboxylic acids is 1. The number of alkyl carbamates (subject to hydrolysis) is 1. The number of aromatic nitrogens is 1. The maximum absolute atomic E-state index is 14.5. The number of hydrogen-bond donors (Lipinski definition) is 2. The molecule has 11 heteroatoms. The van der Waals surface area contributed by atoms with E-state index < -0.39 is 38.1 Å². The molecule has 4 atom stereocenters. The van der Waals surface area contributed by atoms with Gasteiger partial charge in [0.1, 0.15) is 16.7 Å². The number of amides is 2. The number of nitrogens with one attached hydrogen (secondary N) is 1. The number of carboxylic acid groups (broad SMARTS) is 1. The summed E-state index contributed by atoms with van der Waals surface area (Å²) < 4.78 is 12.5. The third-order valence-electron chi connectivity index (χ3n) is 8.57. The van der Waals surface area contributed by atoms with Gasteiger partial charge in [-0.15, -0.1) is 11.3 Å². The van der Waals surface area contributed by atoms with Crippen molar-refractivity contribution in [3.63, 3.8) is 0 Å². The molecule has 2 amide bonds. The minimum Gasteiger partial charge on any atom is -0.476 e. The fourth-order valence-electron chi connectivity index (χ4n) is 4.69. The third-order valence-corrected chi connectivity index (χ3v) is 14.0. The fourth-order valence-corrected chi connectivity index (χ4v) is 6.88. The summed E-state index contributed by atoms with van der Waals surface area (Å²) in [5.74, 6) is -1.25. The Morgan fingerprint density at radius 1 is 1.05 bits per heavy atom. The Balaban J connectivity index is 3.63. The fraction of sp³-hybridized carbons (Fsp3) is 0.818. The number of thiazole rings is 1. The molecule has 0 fully saturated rings. The molecule has 4 unspecified atom stereocenters. The normalized spacial score (nSPS) is 15.4. The summed E-state index contributed by atoms with van der Waals surface area (Å²) in [7, 11) is -2.32. The molecule has 2 N–H and O–H groups in total. The Hall–Kier alpha value is -1.98. The van der Waals surface area contributed by atoms with E-state index in [4.69, 9.17) is 9.16 Å². The van der Waals surface area contributed by atoms with Crippen LogP contribution in [-0.4, -0.2) is 65.5 Å². The van der Waals surface area contributed by atoms with Crippen LogP contribution in [0.3, 0.4) is 0 Å². The van der Waals surface area contributed by atoms with Crippen molar-refractivity contribution in [2.75, 3.05) is 6.54 Å². The molecule has 254 valence electrons. The van der Waals surface area contributed by atoms with Crippen molar-refractivity contribution in [1.29, 1.82) is 0 Å². The number of carbonyl (C=O) groups is 3.